The molecule has 0 heterocycles. The van der Waals surface area contributed by atoms with Gasteiger partial charge in [0.05, 0.1) is 0 Å². The Labute approximate surface area is 172 Å². The molecule has 0 saturated carbocycles. The molecule has 0 aliphatic carbocycles. The first-order chi connectivity index (χ1) is 14.3. The number of phenolic OH excluding ortho intramolecular Hbond substituents is 4. The van der Waals surface area contributed by atoms with Crippen molar-refractivity contribution >= 4 is 24.1 Å². The number of hydrogen-bond donors (Lipinski definition) is 4. The third kappa shape index (κ3) is 7.43. The molecule has 156 valence electrons. The third-order valence-corrected chi connectivity index (χ3v) is 3.63. The summed E-state index contributed by atoms with van der Waals surface area (Å²) in [6, 6.07) is 8.23. The van der Waals surface area contributed by atoms with Gasteiger partial charge in [-0.3, -0.25) is 0 Å². The number of esters is 2. The first-order valence-electron chi connectivity index (χ1n) is 8.74. The van der Waals surface area contributed by atoms with E-state index in [1.165, 1.54) is 72.9 Å². The average molecular weight is 412 g/mol. The second-order valence-electron chi connectivity index (χ2n) is 5.89. The van der Waals surface area contributed by atoms with Crippen molar-refractivity contribution in [3.63, 3.8) is 0 Å². The van der Waals surface area contributed by atoms with Gasteiger partial charge in [0.15, 0.2) is 23.0 Å². The van der Waals surface area contributed by atoms with Crippen LogP contribution in [0.5, 0.6) is 23.0 Å². The molecule has 30 heavy (non-hydrogen) atoms. The molecule has 0 aromatic heterocycles. The lowest BCUT2D eigenvalue weighted by atomic mass is 10.2. The number of hydrogen-bond acceptors (Lipinski definition) is 8. The lowest BCUT2D eigenvalue weighted by molar-refractivity contribution is -0.137. The number of benzene rings is 2. The Kier molecular flexibility index (Phi) is 8.07. The van der Waals surface area contributed by atoms with Crippen LogP contribution in [-0.4, -0.2) is 45.6 Å². The van der Waals surface area contributed by atoms with E-state index >= 15 is 0 Å². The first kappa shape index (κ1) is 22.1. The number of carbonyl (C=O) groups excluding carboxylic acids is 2. The van der Waals surface area contributed by atoms with Crippen molar-refractivity contribution in [3.05, 3.63) is 71.8 Å². The fourth-order valence-electron chi connectivity index (χ4n) is 2.11. The van der Waals surface area contributed by atoms with Gasteiger partial charge in [-0.05, 0) is 59.7 Å². The molecule has 0 aliphatic rings. The van der Waals surface area contributed by atoms with E-state index in [2.05, 4.69) is 0 Å². The van der Waals surface area contributed by atoms with E-state index in [1.807, 2.05) is 0 Å². The molecule has 0 amide bonds. The van der Waals surface area contributed by atoms with E-state index in [4.69, 9.17) is 9.47 Å². The maximum Gasteiger partial charge on any atom is 0.331 e. The summed E-state index contributed by atoms with van der Waals surface area (Å²) >= 11 is 0. The molecule has 0 fully saturated rings. The van der Waals surface area contributed by atoms with Crippen molar-refractivity contribution < 1.29 is 39.5 Å². The Hall–Kier alpha value is -4.20. The Morgan fingerprint density at radius 3 is 1.43 bits per heavy atom. The molecule has 2 aromatic carbocycles. The highest BCUT2D eigenvalue weighted by molar-refractivity contribution is 5.87. The number of carbonyl (C=O) groups is 2. The molecule has 2 rings (SSSR count). The van der Waals surface area contributed by atoms with E-state index in [1.54, 1.807) is 0 Å². The summed E-state index contributed by atoms with van der Waals surface area (Å²) in [4.78, 5) is 23.2. The smallest absolute Gasteiger partial charge is 0.331 e. The van der Waals surface area contributed by atoms with Crippen molar-refractivity contribution in [2.45, 2.75) is 0 Å². The second-order valence-corrected chi connectivity index (χ2v) is 5.89. The summed E-state index contributed by atoms with van der Waals surface area (Å²) in [5.41, 5.74) is 1.03. The first-order valence-corrected chi connectivity index (χ1v) is 8.74. The van der Waals surface area contributed by atoms with Crippen LogP contribution in [0.2, 0.25) is 0 Å². The Morgan fingerprint density at radius 2 is 1.07 bits per heavy atom. The van der Waals surface area contributed by atoms with Crippen molar-refractivity contribution in [2.24, 2.45) is 0 Å². The van der Waals surface area contributed by atoms with Gasteiger partial charge < -0.3 is 29.9 Å². The lowest BCUT2D eigenvalue weighted by Crippen LogP contribution is -2.02. The van der Waals surface area contributed by atoms with Crippen LogP contribution >= 0.6 is 0 Å². The number of rotatable bonds is 8. The molecule has 8 nitrogen and oxygen atoms in total. The molecule has 0 saturated heterocycles. The van der Waals surface area contributed by atoms with Crippen LogP contribution in [0, 0.1) is 0 Å². The molecule has 2 aromatic rings. The van der Waals surface area contributed by atoms with Gasteiger partial charge in [0.25, 0.3) is 0 Å². The Morgan fingerprint density at radius 1 is 0.667 bits per heavy atom. The van der Waals surface area contributed by atoms with Crippen molar-refractivity contribution in [2.75, 3.05) is 13.2 Å². The summed E-state index contributed by atoms with van der Waals surface area (Å²) in [5.74, 6) is -2.31. The number of aromatic hydroxyl groups is 4. The van der Waals surface area contributed by atoms with Gasteiger partial charge in [-0.15, -0.1) is 0 Å². The van der Waals surface area contributed by atoms with Gasteiger partial charge in [-0.1, -0.05) is 12.1 Å². The van der Waals surface area contributed by atoms with E-state index in [9.17, 15) is 30.0 Å². The van der Waals surface area contributed by atoms with Gasteiger partial charge in [-0.2, -0.15) is 0 Å². The van der Waals surface area contributed by atoms with Crippen LogP contribution < -0.4 is 0 Å². The zero-order valence-corrected chi connectivity index (χ0v) is 15.8. The largest absolute Gasteiger partial charge is 0.504 e. The average Bonchev–Trinajstić information content (AvgIpc) is 2.72. The Bertz CT molecular complexity index is 909. The standard InChI is InChI=1S/C22H20O8/c23-17-7-3-15(13-19(17)25)5-9-21(27)29-11-1-2-12-30-22(28)10-6-16-4-8-18(24)20(26)14-16/h1-10,13-14,23-26H,11-12H2/b2-1+,9-5+,10-6+. The molecule has 0 spiro atoms. The van der Waals surface area contributed by atoms with E-state index < -0.39 is 11.9 Å². The summed E-state index contributed by atoms with van der Waals surface area (Å²) in [6.45, 7) is -0.0473. The van der Waals surface area contributed by atoms with E-state index in [0.717, 1.165) is 0 Å². The maximum absolute atomic E-state index is 11.6. The third-order valence-electron chi connectivity index (χ3n) is 3.63. The Balaban J connectivity index is 1.67. The summed E-state index contributed by atoms with van der Waals surface area (Å²) in [7, 11) is 0. The number of phenols is 4. The molecule has 0 aliphatic heterocycles. The highest BCUT2D eigenvalue weighted by Gasteiger charge is 2.01. The van der Waals surface area contributed by atoms with E-state index in [0.29, 0.717) is 11.1 Å². The fourth-order valence-corrected chi connectivity index (χ4v) is 2.11. The van der Waals surface area contributed by atoms with Crippen LogP contribution in [0.1, 0.15) is 11.1 Å². The van der Waals surface area contributed by atoms with Gasteiger partial charge in [0, 0.05) is 12.2 Å². The molecule has 0 unspecified atom stereocenters. The van der Waals surface area contributed by atoms with Crippen LogP contribution in [0.3, 0.4) is 0 Å². The van der Waals surface area contributed by atoms with Gasteiger partial charge in [-0.25, -0.2) is 9.59 Å². The van der Waals surface area contributed by atoms with Crippen LogP contribution in [0.25, 0.3) is 12.2 Å². The van der Waals surface area contributed by atoms with Crippen molar-refractivity contribution in [1.82, 2.24) is 0 Å². The van der Waals surface area contributed by atoms with Crippen molar-refractivity contribution in [3.8, 4) is 23.0 Å². The lowest BCUT2D eigenvalue weighted by Gasteiger charge is -2.00. The quantitative estimate of drug-likeness (QED) is 0.225. The maximum atomic E-state index is 11.6. The minimum absolute atomic E-state index is 0.0236. The minimum atomic E-state index is -0.607. The van der Waals surface area contributed by atoms with Crippen LogP contribution in [0.15, 0.2) is 60.7 Å². The zero-order valence-electron chi connectivity index (χ0n) is 15.8. The molecule has 4 N–H and O–H groups in total. The van der Waals surface area contributed by atoms with Gasteiger partial charge in [0.1, 0.15) is 13.2 Å². The monoisotopic (exact) mass is 412 g/mol. The van der Waals surface area contributed by atoms with Crippen LogP contribution in [-0.2, 0) is 19.1 Å². The predicted molar refractivity (Wildman–Crippen MR) is 109 cm³/mol. The predicted octanol–water partition coefficient (Wildman–Crippen LogP) is 2.88. The summed E-state index contributed by atoms with van der Waals surface area (Å²) in [5, 5.41) is 37.2. The van der Waals surface area contributed by atoms with Crippen molar-refractivity contribution in [1.29, 1.82) is 0 Å². The van der Waals surface area contributed by atoms with E-state index in [-0.39, 0.29) is 36.2 Å². The SMILES string of the molecule is O=C(/C=C/c1ccc(O)c(O)c1)OC/C=C/COC(=O)/C=C/c1ccc(O)c(O)c1. The van der Waals surface area contributed by atoms with Gasteiger partial charge in [0.2, 0.25) is 0 Å². The molecule has 0 bridgehead atoms. The number of ether oxygens (including phenoxy) is 2. The summed E-state index contributed by atoms with van der Waals surface area (Å²) in [6.07, 6.45) is 8.21. The topological polar surface area (TPSA) is 134 Å². The highest BCUT2D eigenvalue weighted by Crippen LogP contribution is 2.26. The zero-order chi connectivity index (χ0) is 21.9. The fraction of sp³-hybridized carbons (Fsp3) is 0.0909. The molecule has 8 heteroatoms. The molecular weight excluding hydrogens is 392 g/mol. The minimum Gasteiger partial charge on any atom is -0.504 e. The molecular formula is C22H20O8. The summed E-state index contributed by atoms with van der Waals surface area (Å²) < 4.78 is 9.86. The second kappa shape index (κ2) is 11.0. The normalized spacial score (nSPS) is 11.3. The van der Waals surface area contributed by atoms with Crippen LogP contribution in [0.4, 0.5) is 0 Å². The van der Waals surface area contributed by atoms with Gasteiger partial charge >= 0.3 is 11.9 Å². The highest BCUT2D eigenvalue weighted by atomic mass is 16.5. The molecule has 0 radical (unpaired) electrons. The molecule has 0 atom stereocenters.